The molecule has 2 atom stereocenters. The van der Waals surface area contributed by atoms with Gasteiger partial charge in [0.1, 0.15) is 11.5 Å². The Morgan fingerprint density at radius 2 is 2.00 bits per heavy atom. The van der Waals surface area contributed by atoms with Gasteiger partial charge in [0, 0.05) is 11.3 Å². The van der Waals surface area contributed by atoms with E-state index in [0.717, 1.165) is 22.8 Å². The molecule has 1 aromatic carbocycles. The summed E-state index contributed by atoms with van der Waals surface area (Å²) < 4.78 is 10.5. The molecule has 0 aliphatic carbocycles. The van der Waals surface area contributed by atoms with Crippen molar-refractivity contribution in [1.82, 2.24) is 0 Å². The van der Waals surface area contributed by atoms with Crippen molar-refractivity contribution in [2.75, 3.05) is 7.11 Å². The fourth-order valence-corrected chi connectivity index (χ4v) is 2.76. The van der Waals surface area contributed by atoms with Crippen molar-refractivity contribution >= 4 is 11.8 Å². The number of furan rings is 1. The minimum absolute atomic E-state index is 0.00543. The van der Waals surface area contributed by atoms with Gasteiger partial charge < -0.3 is 14.9 Å². The number of benzene rings is 1. The molecule has 0 amide bonds. The van der Waals surface area contributed by atoms with E-state index < -0.39 is 0 Å². The Labute approximate surface area is 118 Å². The Kier molecular flexibility index (Phi) is 4.93. The molecule has 1 heterocycles. The minimum Gasteiger partial charge on any atom is -0.497 e. The molecule has 0 bridgehead atoms. The highest BCUT2D eigenvalue weighted by Crippen LogP contribution is 2.28. The van der Waals surface area contributed by atoms with E-state index in [-0.39, 0.29) is 6.04 Å². The lowest BCUT2D eigenvalue weighted by atomic mass is 10.1. The molecule has 102 valence electrons. The van der Waals surface area contributed by atoms with Gasteiger partial charge in [-0.1, -0.05) is 19.1 Å². The molecular weight excluding hydrogens is 258 g/mol. The lowest BCUT2D eigenvalue weighted by Crippen LogP contribution is -2.21. The molecule has 0 fully saturated rings. The average molecular weight is 277 g/mol. The summed E-state index contributed by atoms with van der Waals surface area (Å²) in [6.07, 6.45) is 1.70. The quantitative estimate of drug-likeness (QED) is 0.876. The van der Waals surface area contributed by atoms with Crippen molar-refractivity contribution in [2.24, 2.45) is 5.73 Å². The van der Waals surface area contributed by atoms with E-state index in [9.17, 15) is 0 Å². The molecule has 3 nitrogen and oxygen atoms in total. The van der Waals surface area contributed by atoms with Crippen LogP contribution in [0.4, 0.5) is 0 Å². The van der Waals surface area contributed by atoms with Crippen LogP contribution in [0.1, 0.15) is 24.3 Å². The van der Waals surface area contributed by atoms with Crippen LogP contribution in [0, 0.1) is 0 Å². The second-order valence-electron chi connectivity index (χ2n) is 4.39. The SMILES string of the molecule is COc1ccc(C(N)C(C)SCc2ccco2)cc1. The highest BCUT2D eigenvalue weighted by atomic mass is 32.2. The Balaban J connectivity index is 1.91. The van der Waals surface area contributed by atoms with E-state index in [2.05, 4.69) is 6.92 Å². The number of rotatable bonds is 6. The first-order chi connectivity index (χ1) is 9.20. The molecule has 0 aliphatic rings. The lowest BCUT2D eigenvalue weighted by Gasteiger charge is -2.19. The van der Waals surface area contributed by atoms with E-state index >= 15 is 0 Å². The van der Waals surface area contributed by atoms with Gasteiger partial charge in [0.05, 0.1) is 19.1 Å². The van der Waals surface area contributed by atoms with Gasteiger partial charge in [-0.05, 0) is 29.8 Å². The zero-order chi connectivity index (χ0) is 13.7. The summed E-state index contributed by atoms with van der Waals surface area (Å²) in [4.78, 5) is 0. The van der Waals surface area contributed by atoms with Crippen molar-refractivity contribution in [1.29, 1.82) is 0 Å². The largest absolute Gasteiger partial charge is 0.497 e. The van der Waals surface area contributed by atoms with Crippen molar-refractivity contribution in [2.45, 2.75) is 24.0 Å². The van der Waals surface area contributed by atoms with Crippen LogP contribution in [0.25, 0.3) is 0 Å². The monoisotopic (exact) mass is 277 g/mol. The number of hydrogen-bond acceptors (Lipinski definition) is 4. The van der Waals surface area contributed by atoms with Gasteiger partial charge in [-0.25, -0.2) is 0 Å². The first-order valence-electron chi connectivity index (χ1n) is 6.24. The van der Waals surface area contributed by atoms with Crippen LogP contribution in [0.15, 0.2) is 47.1 Å². The molecule has 0 aliphatic heterocycles. The zero-order valence-electron chi connectivity index (χ0n) is 11.2. The second-order valence-corrected chi connectivity index (χ2v) is 5.76. The molecule has 1 aromatic heterocycles. The summed E-state index contributed by atoms with van der Waals surface area (Å²) in [5.41, 5.74) is 7.40. The third-order valence-electron chi connectivity index (χ3n) is 3.08. The molecule has 2 aromatic rings. The maximum atomic E-state index is 6.28. The molecule has 0 spiro atoms. The summed E-state index contributed by atoms with van der Waals surface area (Å²) in [7, 11) is 1.66. The third kappa shape index (κ3) is 3.78. The van der Waals surface area contributed by atoms with Crippen molar-refractivity contribution in [3.05, 3.63) is 54.0 Å². The van der Waals surface area contributed by atoms with Crippen molar-refractivity contribution < 1.29 is 9.15 Å². The van der Waals surface area contributed by atoms with Gasteiger partial charge in [0.15, 0.2) is 0 Å². The maximum absolute atomic E-state index is 6.28. The topological polar surface area (TPSA) is 48.4 Å². The van der Waals surface area contributed by atoms with E-state index in [4.69, 9.17) is 14.9 Å². The molecule has 4 heteroatoms. The van der Waals surface area contributed by atoms with Crippen LogP contribution in [-0.2, 0) is 5.75 Å². The summed E-state index contributed by atoms with van der Waals surface area (Å²) >= 11 is 1.80. The normalized spacial score (nSPS) is 14.1. The molecule has 0 saturated heterocycles. The molecule has 2 unspecified atom stereocenters. The minimum atomic E-state index is 0.00543. The fraction of sp³-hybridized carbons (Fsp3) is 0.333. The summed E-state index contributed by atoms with van der Waals surface area (Å²) in [6.45, 7) is 2.14. The van der Waals surface area contributed by atoms with Crippen LogP contribution in [-0.4, -0.2) is 12.4 Å². The highest BCUT2D eigenvalue weighted by Gasteiger charge is 2.15. The Morgan fingerprint density at radius 3 is 2.58 bits per heavy atom. The predicted octanol–water partition coefficient (Wildman–Crippen LogP) is 3.61. The number of ether oxygens (including phenoxy) is 1. The Hall–Kier alpha value is -1.39. The Morgan fingerprint density at radius 1 is 1.26 bits per heavy atom. The lowest BCUT2D eigenvalue weighted by molar-refractivity contribution is 0.414. The van der Waals surface area contributed by atoms with E-state index in [1.165, 1.54) is 0 Å². The molecule has 0 radical (unpaired) electrons. The summed E-state index contributed by atoms with van der Waals surface area (Å²) in [6, 6.07) is 11.8. The van der Waals surface area contributed by atoms with Gasteiger partial charge in [-0.2, -0.15) is 0 Å². The fourth-order valence-electron chi connectivity index (χ4n) is 1.81. The van der Waals surface area contributed by atoms with Crippen LogP contribution in [0.5, 0.6) is 5.75 Å². The van der Waals surface area contributed by atoms with Crippen molar-refractivity contribution in [3.8, 4) is 5.75 Å². The van der Waals surface area contributed by atoms with Gasteiger partial charge in [-0.15, -0.1) is 11.8 Å². The predicted molar refractivity (Wildman–Crippen MR) is 79.4 cm³/mol. The molecule has 2 N–H and O–H groups in total. The maximum Gasteiger partial charge on any atom is 0.118 e. The van der Waals surface area contributed by atoms with Crippen molar-refractivity contribution in [3.63, 3.8) is 0 Å². The molecule has 19 heavy (non-hydrogen) atoms. The standard InChI is InChI=1S/C15H19NO2S/c1-11(19-10-14-4-3-9-18-14)15(16)12-5-7-13(17-2)8-6-12/h3-9,11,15H,10,16H2,1-2H3. The Bertz CT molecular complexity index is 481. The summed E-state index contributed by atoms with van der Waals surface area (Å²) in [5, 5.41) is 0.318. The number of methoxy groups -OCH3 is 1. The number of nitrogens with two attached hydrogens (primary N) is 1. The molecular formula is C15H19NO2S. The van der Waals surface area contributed by atoms with Gasteiger partial charge in [0.2, 0.25) is 0 Å². The van der Waals surface area contributed by atoms with Crippen LogP contribution >= 0.6 is 11.8 Å². The van der Waals surface area contributed by atoms with Crippen LogP contribution in [0.2, 0.25) is 0 Å². The second kappa shape index (κ2) is 6.68. The average Bonchev–Trinajstić information content (AvgIpc) is 2.97. The number of hydrogen-bond donors (Lipinski definition) is 1. The van der Waals surface area contributed by atoms with E-state index in [1.54, 1.807) is 25.1 Å². The number of thioether (sulfide) groups is 1. The summed E-state index contributed by atoms with van der Waals surface area (Å²) in [5.74, 6) is 2.68. The first kappa shape index (κ1) is 14.0. The molecule has 0 saturated carbocycles. The van der Waals surface area contributed by atoms with Crippen LogP contribution < -0.4 is 10.5 Å². The smallest absolute Gasteiger partial charge is 0.118 e. The van der Waals surface area contributed by atoms with E-state index in [0.29, 0.717) is 5.25 Å². The molecule has 2 rings (SSSR count). The van der Waals surface area contributed by atoms with Gasteiger partial charge in [-0.3, -0.25) is 0 Å². The third-order valence-corrected chi connectivity index (χ3v) is 4.35. The van der Waals surface area contributed by atoms with Crippen LogP contribution in [0.3, 0.4) is 0 Å². The van der Waals surface area contributed by atoms with Gasteiger partial charge >= 0.3 is 0 Å². The van der Waals surface area contributed by atoms with Gasteiger partial charge in [0.25, 0.3) is 0 Å². The zero-order valence-corrected chi connectivity index (χ0v) is 12.0. The first-order valence-corrected chi connectivity index (χ1v) is 7.29. The van der Waals surface area contributed by atoms with E-state index in [1.807, 2.05) is 36.4 Å². The highest BCUT2D eigenvalue weighted by molar-refractivity contribution is 7.99.